The summed E-state index contributed by atoms with van der Waals surface area (Å²) in [7, 11) is 0. The normalized spacial score (nSPS) is 10.2. The maximum absolute atomic E-state index is 12.0. The smallest absolute Gasteiger partial charge is 0.0303 e. The minimum absolute atomic E-state index is 0.662. The van der Waals surface area contributed by atoms with Crippen molar-refractivity contribution in [1.82, 2.24) is 0 Å². The van der Waals surface area contributed by atoms with Crippen LogP contribution in [0.25, 0.3) is 0 Å². The van der Waals surface area contributed by atoms with Crippen LogP contribution in [-0.4, -0.2) is 0 Å². The molecule has 2 nitrogen and oxygen atoms in total. The lowest BCUT2D eigenvalue weighted by atomic mass is 10.2. The number of anilines is 2. The van der Waals surface area contributed by atoms with Gasteiger partial charge in [-0.05, 0) is 38.1 Å². The van der Waals surface area contributed by atoms with E-state index in [2.05, 4.69) is 0 Å². The number of nitrogens with zero attached hydrogens (tertiary/aromatic N) is 1. The third-order valence-corrected chi connectivity index (χ3v) is 2.54. The first kappa shape index (κ1) is 10.7. The van der Waals surface area contributed by atoms with Crippen LogP contribution in [-0.2, 0) is 0 Å². The molecule has 0 N–H and O–H groups in total. The third-order valence-electron chi connectivity index (χ3n) is 2.54. The van der Waals surface area contributed by atoms with Crippen LogP contribution in [0.3, 0.4) is 0 Å². The molecule has 0 unspecified atom stereocenters. The van der Waals surface area contributed by atoms with Crippen molar-refractivity contribution >= 4 is 11.4 Å². The molecule has 82 valence electrons. The van der Waals surface area contributed by atoms with Crippen LogP contribution in [0.5, 0.6) is 0 Å². The largest absolute Gasteiger partial charge is 0.754 e. The van der Waals surface area contributed by atoms with Crippen molar-refractivity contribution in [3.8, 4) is 0 Å². The number of rotatable bonds is 2. The molecular formula is C14H14NO-. The summed E-state index contributed by atoms with van der Waals surface area (Å²) in [6.07, 6.45) is 0. The SMILES string of the molecule is Cc1ccc(N([O-])c2ccc(C)cc2)cc1. The zero-order chi connectivity index (χ0) is 11.5. The van der Waals surface area contributed by atoms with Crippen molar-refractivity contribution < 1.29 is 0 Å². The van der Waals surface area contributed by atoms with E-state index in [0.29, 0.717) is 11.4 Å². The lowest BCUT2D eigenvalue weighted by Gasteiger charge is -2.30. The molecule has 16 heavy (non-hydrogen) atoms. The Morgan fingerprint density at radius 3 is 1.31 bits per heavy atom. The van der Waals surface area contributed by atoms with Crippen LogP contribution < -0.4 is 5.06 Å². The molecule has 0 aromatic heterocycles. The monoisotopic (exact) mass is 212 g/mol. The van der Waals surface area contributed by atoms with Crippen LogP contribution >= 0.6 is 0 Å². The molecule has 2 heteroatoms. The van der Waals surface area contributed by atoms with Crippen molar-refractivity contribution in [2.24, 2.45) is 0 Å². The summed E-state index contributed by atoms with van der Waals surface area (Å²) >= 11 is 0. The quantitative estimate of drug-likeness (QED) is 0.705. The van der Waals surface area contributed by atoms with Crippen LogP contribution in [0, 0.1) is 19.1 Å². The predicted octanol–water partition coefficient (Wildman–Crippen LogP) is 3.94. The molecule has 0 saturated heterocycles. The second kappa shape index (κ2) is 4.37. The van der Waals surface area contributed by atoms with Crippen LogP contribution in [0.15, 0.2) is 48.5 Å². The Hall–Kier alpha value is -1.80. The molecule has 0 aliphatic carbocycles. The molecule has 2 aromatic carbocycles. The molecule has 0 atom stereocenters. The summed E-state index contributed by atoms with van der Waals surface area (Å²) in [5.74, 6) is 0. The molecule has 2 rings (SSSR count). The average molecular weight is 212 g/mol. The van der Waals surface area contributed by atoms with Gasteiger partial charge in [-0.15, -0.1) is 0 Å². The highest BCUT2D eigenvalue weighted by Crippen LogP contribution is 2.24. The molecule has 0 aliphatic rings. The van der Waals surface area contributed by atoms with Crippen molar-refractivity contribution in [1.29, 1.82) is 0 Å². The standard InChI is InChI=1S/C14H14NO/c1-11-3-7-13(8-4-11)15(16)14-9-5-12(2)6-10-14/h3-10H,1-2H3/q-1. The van der Waals surface area contributed by atoms with Gasteiger partial charge in [0.15, 0.2) is 0 Å². The molecule has 0 amide bonds. The highest BCUT2D eigenvalue weighted by Gasteiger charge is 1.97. The number of benzene rings is 2. The van der Waals surface area contributed by atoms with Gasteiger partial charge in [0.25, 0.3) is 0 Å². The Bertz CT molecular complexity index is 414. The second-order valence-electron chi connectivity index (χ2n) is 3.97. The highest BCUT2D eigenvalue weighted by atomic mass is 16.5. The predicted molar refractivity (Wildman–Crippen MR) is 67.9 cm³/mol. The van der Waals surface area contributed by atoms with Gasteiger partial charge in [0.1, 0.15) is 0 Å². The van der Waals surface area contributed by atoms with E-state index in [1.54, 1.807) is 0 Å². The Morgan fingerprint density at radius 1 is 0.688 bits per heavy atom. The fourth-order valence-electron chi connectivity index (χ4n) is 1.51. The fraction of sp³-hybridized carbons (Fsp3) is 0.143. The maximum atomic E-state index is 12.0. The zero-order valence-electron chi connectivity index (χ0n) is 9.47. The number of hydrogen-bond donors (Lipinski definition) is 0. The topological polar surface area (TPSA) is 26.3 Å². The van der Waals surface area contributed by atoms with Crippen molar-refractivity contribution in [3.05, 3.63) is 64.9 Å². The first-order valence-corrected chi connectivity index (χ1v) is 5.27. The highest BCUT2D eigenvalue weighted by molar-refractivity contribution is 5.64. The fourth-order valence-corrected chi connectivity index (χ4v) is 1.51. The number of hydrogen-bond acceptors (Lipinski definition) is 2. The van der Waals surface area contributed by atoms with E-state index < -0.39 is 0 Å². The molecule has 0 radical (unpaired) electrons. The molecule has 0 aliphatic heterocycles. The molecule has 0 saturated carbocycles. The van der Waals surface area contributed by atoms with Gasteiger partial charge in [-0.3, -0.25) is 0 Å². The van der Waals surface area contributed by atoms with Crippen molar-refractivity contribution in [2.45, 2.75) is 13.8 Å². The van der Waals surface area contributed by atoms with E-state index in [-0.39, 0.29) is 0 Å². The van der Waals surface area contributed by atoms with Crippen LogP contribution in [0.1, 0.15) is 11.1 Å². The van der Waals surface area contributed by atoms with E-state index in [4.69, 9.17) is 0 Å². The van der Waals surface area contributed by atoms with E-state index in [1.807, 2.05) is 62.4 Å². The summed E-state index contributed by atoms with van der Waals surface area (Å²) in [5, 5.41) is 12.9. The van der Waals surface area contributed by atoms with E-state index in [0.717, 1.165) is 16.2 Å². The molecular weight excluding hydrogens is 198 g/mol. The number of aryl methyl sites for hydroxylation is 2. The Morgan fingerprint density at radius 2 is 1.00 bits per heavy atom. The molecule has 0 spiro atoms. The Balaban J connectivity index is 2.28. The summed E-state index contributed by atoms with van der Waals surface area (Å²) in [5.41, 5.74) is 3.63. The van der Waals surface area contributed by atoms with Gasteiger partial charge >= 0.3 is 0 Å². The van der Waals surface area contributed by atoms with Crippen LogP contribution in [0.4, 0.5) is 11.4 Å². The second-order valence-corrected chi connectivity index (χ2v) is 3.97. The zero-order valence-corrected chi connectivity index (χ0v) is 9.47. The van der Waals surface area contributed by atoms with Gasteiger partial charge in [0.2, 0.25) is 0 Å². The van der Waals surface area contributed by atoms with E-state index in [1.165, 1.54) is 0 Å². The summed E-state index contributed by atoms with van der Waals surface area (Å²) in [6.45, 7) is 4.01. The Kier molecular flexibility index (Phi) is 2.93. The van der Waals surface area contributed by atoms with E-state index >= 15 is 0 Å². The van der Waals surface area contributed by atoms with Gasteiger partial charge in [0, 0.05) is 11.4 Å². The third kappa shape index (κ3) is 2.23. The van der Waals surface area contributed by atoms with Crippen molar-refractivity contribution in [2.75, 3.05) is 5.06 Å². The van der Waals surface area contributed by atoms with Gasteiger partial charge in [-0.1, -0.05) is 35.4 Å². The van der Waals surface area contributed by atoms with Gasteiger partial charge < -0.3 is 10.3 Å². The average Bonchev–Trinajstić information content (AvgIpc) is 2.30. The first-order chi connectivity index (χ1) is 7.66. The molecule has 0 bridgehead atoms. The molecule has 0 heterocycles. The summed E-state index contributed by atoms with van der Waals surface area (Å²) in [6, 6.07) is 15.1. The Labute approximate surface area is 95.7 Å². The summed E-state index contributed by atoms with van der Waals surface area (Å²) < 4.78 is 0. The van der Waals surface area contributed by atoms with Gasteiger partial charge in [-0.25, -0.2) is 0 Å². The van der Waals surface area contributed by atoms with Gasteiger partial charge in [0.05, 0.1) is 0 Å². The minimum atomic E-state index is 0.662. The molecule has 0 fully saturated rings. The van der Waals surface area contributed by atoms with Gasteiger partial charge in [-0.2, -0.15) is 0 Å². The first-order valence-electron chi connectivity index (χ1n) is 5.27. The lowest BCUT2D eigenvalue weighted by molar-refractivity contribution is 1.28. The lowest BCUT2D eigenvalue weighted by Crippen LogP contribution is -2.06. The minimum Gasteiger partial charge on any atom is -0.754 e. The molecule has 2 aromatic rings. The maximum Gasteiger partial charge on any atom is 0.0303 e. The summed E-state index contributed by atoms with van der Waals surface area (Å²) in [4.78, 5) is 0. The van der Waals surface area contributed by atoms with E-state index in [9.17, 15) is 5.21 Å². The van der Waals surface area contributed by atoms with Crippen LogP contribution in [0.2, 0.25) is 0 Å². The van der Waals surface area contributed by atoms with Crippen molar-refractivity contribution in [3.63, 3.8) is 0 Å².